The number of rotatable bonds is 5. The van der Waals surface area contributed by atoms with Gasteiger partial charge in [-0.05, 0) is 51.4 Å². The maximum absolute atomic E-state index is 5.94. The minimum absolute atomic E-state index is 0.0587. The first kappa shape index (κ1) is 14.7. The highest BCUT2D eigenvalue weighted by molar-refractivity contribution is 5.17. The molecule has 5 nitrogen and oxygen atoms in total. The molecule has 0 N–H and O–H groups in total. The topological polar surface area (TPSA) is 45.5 Å². The lowest BCUT2D eigenvalue weighted by Gasteiger charge is -2.26. The second kappa shape index (κ2) is 6.69. The van der Waals surface area contributed by atoms with Crippen molar-refractivity contribution in [2.75, 3.05) is 13.2 Å². The average molecular weight is 305 g/mol. The number of hydrogen-bond donors (Lipinski definition) is 0. The van der Waals surface area contributed by atoms with Crippen LogP contribution in [0.2, 0.25) is 0 Å². The van der Waals surface area contributed by atoms with Crippen molar-refractivity contribution in [2.45, 2.75) is 76.4 Å². The molecule has 3 fully saturated rings. The predicted octanol–water partition coefficient (Wildman–Crippen LogP) is 3.30. The van der Waals surface area contributed by atoms with Crippen LogP contribution < -0.4 is 0 Å². The van der Waals surface area contributed by atoms with E-state index in [4.69, 9.17) is 19.3 Å². The third-order valence-corrected chi connectivity index (χ3v) is 4.70. The summed E-state index contributed by atoms with van der Waals surface area (Å²) in [6, 6.07) is 3.47. The predicted molar refractivity (Wildman–Crippen MR) is 80.3 cm³/mol. The Labute approximate surface area is 131 Å². The Morgan fingerprint density at radius 1 is 1.05 bits per heavy atom. The van der Waals surface area contributed by atoms with Crippen molar-refractivity contribution in [1.29, 1.82) is 0 Å². The van der Waals surface area contributed by atoms with Gasteiger partial charge in [0.25, 0.3) is 0 Å². The summed E-state index contributed by atoms with van der Waals surface area (Å²) in [7, 11) is 0. The average Bonchev–Trinajstić information content (AvgIpc) is 3.35. The first-order chi connectivity index (χ1) is 10.9. The third kappa shape index (κ3) is 3.36. The van der Waals surface area contributed by atoms with Gasteiger partial charge in [0.15, 0.2) is 12.5 Å². The quantitative estimate of drug-likeness (QED) is 0.837. The Morgan fingerprint density at radius 3 is 2.55 bits per heavy atom. The molecule has 2 atom stereocenters. The molecule has 1 aromatic rings. The van der Waals surface area contributed by atoms with Crippen molar-refractivity contribution in [3.8, 4) is 0 Å². The van der Waals surface area contributed by atoms with Crippen LogP contribution in [0.1, 0.15) is 74.9 Å². The van der Waals surface area contributed by atoms with Gasteiger partial charge in [0.1, 0.15) is 0 Å². The van der Waals surface area contributed by atoms with Crippen molar-refractivity contribution in [3.05, 3.63) is 17.5 Å². The van der Waals surface area contributed by atoms with Crippen LogP contribution in [-0.2, 0) is 20.8 Å². The lowest BCUT2D eigenvalue weighted by Crippen LogP contribution is -2.24. The monoisotopic (exact) mass is 305 g/mol. The van der Waals surface area contributed by atoms with E-state index >= 15 is 0 Å². The molecule has 5 heteroatoms. The van der Waals surface area contributed by atoms with Crippen LogP contribution in [0.3, 0.4) is 0 Å². The minimum atomic E-state index is -0.0675. The normalized spacial score (nSPS) is 29.6. The van der Waals surface area contributed by atoms with Gasteiger partial charge in [0.05, 0.1) is 18.0 Å². The molecular formula is C17H25N2O3. The molecule has 121 valence electrons. The van der Waals surface area contributed by atoms with E-state index < -0.39 is 0 Å². The van der Waals surface area contributed by atoms with Crippen LogP contribution in [0.15, 0.2) is 0 Å². The summed E-state index contributed by atoms with van der Waals surface area (Å²) in [5.74, 6) is 0.606. The molecule has 4 rings (SSSR count). The SMILES string of the molecule is [c]1c(C2CC2)nn(C2CCCCO2)c1COC1CCCCO1. The molecule has 1 aromatic heterocycles. The summed E-state index contributed by atoms with van der Waals surface area (Å²) in [4.78, 5) is 0. The highest BCUT2D eigenvalue weighted by Gasteiger charge is 2.30. The molecular weight excluding hydrogens is 280 g/mol. The second-order valence-corrected chi connectivity index (χ2v) is 6.60. The zero-order valence-corrected chi connectivity index (χ0v) is 13.1. The van der Waals surface area contributed by atoms with Crippen molar-refractivity contribution in [2.24, 2.45) is 0 Å². The maximum atomic E-state index is 5.94. The van der Waals surface area contributed by atoms with E-state index in [0.29, 0.717) is 12.5 Å². The van der Waals surface area contributed by atoms with E-state index in [2.05, 4.69) is 6.07 Å². The largest absolute Gasteiger partial charge is 0.357 e. The summed E-state index contributed by atoms with van der Waals surface area (Å²) in [6.07, 6.45) is 9.18. The molecule has 1 saturated carbocycles. The van der Waals surface area contributed by atoms with Gasteiger partial charge in [-0.2, -0.15) is 5.10 Å². The maximum Gasteiger partial charge on any atom is 0.158 e. The molecule has 0 spiro atoms. The molecule has 3 heterocycles. The molecule has 0 aromatic carbocycles. The molecule has 0 amide bonds. The summed E-state index contributed by atoms with van der Waals surface area (Å²) in [5, 5.41) is 4.77. The van der Waals surface area contributed by atoms with E-state index in [9.17, 15) is 0 Å². The van der Waals surface area contributed by atoms with Gasteiger partial charge >= 0.3 is 0 Å². The van der Waals surface area contributed by atoms with Gasteiger partial charge < -0.3 is 14.2 Å². The zero-order chi connectivity index (χ0) is 14.8. The molecule has 2 saturated heterocycles. The number of hydrogen-bond acceptors (Lipinski definition) is 4. The summed E-state index contributed by atoms with van der Waals surface area (Å²) in [6.45, 7) is 2.16. The van der Waals surface area contributed by atoms with Crippen LogP contribution in [0, 0.1) is 6.07 Å². The Bertz CT molecular complexity index is 486. The van der Waals surface area contributed by atoms with Crippen LogP contribution in [0.25, 0.3) is 0 Å². The smallest absolute Gasteiger partial charge is 0.158 e. The van der Waals surface area contributed by atoms with E-state index in [1.165, 1.54) is 25.7 Å². The van der Waals surface area contributed by atoms with Gasteiger partial charge in [-0.1, -0.05) is 0 Å². The van der Waals surface area contributed by atoms with Crippen LogP contribution in [0.5, 0.6) is 0 Å². The van der Waals surface area contributed by atoms with E-state index in [-0.39, 0.29) is 12.5 Å². The van der Waals surface area contributed by atoms with Crippen molar-refractivity contribution in [3.63, 3.8) is 0 Å². The number of nitrogens with zero attached hydrogens (tertiary/aromatic N) is 2. The zero-order valence-electron chi connectivity index (χ0n) is 13.1. The van der Waals surface area contributed by atoms with Crippen LogP contribution in [-0.4, -0.2) is 29.3 Å². The van der Waals surface area contributed by atoms with E-state index in [1.54, 1.807) is 0 Å². The van der Waals surface area contributed by atoms with Crippen LogP contribution >= 0.6 is 0 Å². The lowest BCUT2D eigenvalue weighted by molar-refractivity contribution is -0.171. The fourth-order valence-corrected chi connectivity index (χ4v) is 3.22. The highest BCUT2D eigenvalue weighted by Crippen LogP contribution is 2.40. The standard InChI is InChI=1S/C17H25N2O3/c1-3-9-20-16(5-1)19-14(11-15(18-19)13-7-8-13)12-22-17-6-2-4-10-21-17/h13,16-17H,1-10,12H2. The summed E-state index contributed by atoms with van der Waals surface area (Å²) < 4.78 is 19.5. The molecule has 3 aliphatic rings. The first-order valence-corrected chi connectivity index (χ1v) is 8.75. The fourth-order valence-electron chi connectivity index (χ4n) is 3.22. The van der Waals surface area contributed by atoms with Gasteiger partial charge in [-0.25, -0.2) is 4.68 Å². The summed E-state index contributed by atoms with van der Waals surface area (Å²) >= 11 is 0. The molecule has 2 unspecified atom stereocenters. The molecule has 0 bridgehead atoms. The van der Waals surface area contributed by atoms with E-state index in [1.807, 2.05) is 4.68 Å². The van der Waals surface area contributed by atoms with E-state index in [0.717, 1.165) is 50.3 Å². The van der Waals surface area contributed by atoms with Crippen molar-refractivity contribution < 1.29 is 14.2 Å². The fraction of sp³-hybridized carbons (Fsp3) is 0.824. The highest BCUT2D eigenvalue weighted by atomic mass is 16.7. The second-order valence-electron chi connectivity index (χ2n) is 6.60. The third-order valence-electron chi connectivity index (χ3n) is 4.70. The Morgan fingerprint density at radius 2 is 1.86 bits per heavy atom. The summed E-state index contributed by atoms with van der Waals surface area (Å²) in [5.41, 5.74) is 2.11. The molecule has 2 aliphatic heterocycles. The van der Waals surface area contributed by atoms with Crippen molar-refractivity contribution >= 4 is 0 Å². The molecule has 1 radical (unpaired) electrons. The van der Waals surface area contributed by atoms with Gasteiger partial charge in [0.2, 0.25) is 0 Å². The number of aromatic nitrogens is 2. The lowest BCUT2D eigenvalue weighted by atomic mass is 10.2. The van der Waals surface area contributed by atoms with Gasteiger partial charge in [-0.15, -0.1) is 0 Å². The minimum Gasteiger partial charge on any atom is -0.357 e. The van der Waals surface area contributed by atoms with Gasteiger partial charge in [-0.3, -0.25) is 0 Å². The van der Waals surface area contributed by atoms with Crippen molar-refractivity contribution in [1.82, 2.24) is 9.78 Å². The Hall–Kier alpha value is -0.910. The Kier molecular flexibility index (Phi) is 4.46. The van der Waals surface area contributed by atoms with Crippen LogP contribution in [0.4, 0.5) is 0 Å². The molecule has 22 heavy (non-hydrogen) atoms. The number of ether oxygens (including phenoxy) is 3. The molecule has 1 aliphatic carbocycles. The van der Waals surface area contributed by atoms with Gasteiger partial charge in [0, 0.05) is 25.2 Å². The first-order valence-electron chi connectivity index (χ1n) is 8.75. The Balaban J connectivity index is 1.46.